The summed E-state index contributed by atoms with van der Waals surface area (Å²) in [5.74, 6) is 0.743. The fourth-order valence-corrected chi connectivity index (χ4v) is 3.12. The van der Waals surface area contributed by atoms with Crippen LogP contribution in [0.15, 0.2) is 24.3 Å². The van der Waals surface area contributed by atoms with E-state index in [1.54, 1.807) is 6.07 Å². The van der Waals surface area contributed by atoms with E-state index in [9.17, 15) is 18.3 Å². The predicted molar refractivity (Wildman–Crippen MR) is 73.8 cm³/mol. The van der Waals surface area contributed by atoms with Crippen molar-refractivity contribution in [2.75, 3.05) is 0 Å². The van der Waals surface area contributed by atoms with Crippen molar-refractivity contribution in [1.29, 1.82) is 0 Å². The van der Waals surface area contributed by atoms with Crippen LogP contribution < -0.4 is 4.74 Å². The van der Waals surface area contributed by atoms with Gasteiger partial charge in [-0.05, 0) is 43.6 Å². The van der Waals surface area contributed by atoms with Gasteiger partial charge in [-0.3, -0.25) is 0 Å². The number of halogens is 3. The highest BCUT2D eigenvalue weighted by atomic mass is 19.4. The molecule has 1 saturated carbocycles. The van der Waals surface area contributed by atoms with Crippen LogP contribution in [0.25, 0.3) is 0 Å². The molecular formula is C16H21F3O2. The molecule has 0 unspecified atom stereocenters. The Hall–Kier alpha value is -1.23. The van der Waals surface area contributed by atoms with E-state index in [0.717, 1.165) is 12.8 Å². The lowest BCUT2D eigenvalue weighted by atomic mass is 9.72. The molecule has 1 aliphatic rings. The first-order valence-electron chi connectivity index (χ1n) is 7.29. The summed E-state index contributed by atoms with van der Waals surface area (Å²) in [6.07, 6.45) is -2.19. The second-order valence-corrected chi connectivity index (χ2v) is 6.16. The van der Waals surface area contributed by atoms with E-state index in [1.807, 2.05) is 0 Å². The molecule has 0 aromatic heterocycles. The average molecular weight is 302 g/mol. The third kappa shape index (κ3) is 3.90. The molecule has 0 aliphatic heterocycles. The maximum absolute atomic E-state index is 12.5. The number of aliphatic hydroxyl groups is 1. The molecule has 0 atom stereocenters. The van der Waals surface area contributed by atoms with Crippen molar-refractivity contribution in [3.63, 3.8) is 0 Å². The number of hydrogen-bond donors (Lipinski definition) is 1. The summed E-state index contributed by atoms with van der Waals surface area (Å²) in [5, 5.41) is 10.8. The van der Waals surface area contributed by atoms with E-state index in [2.05, 4.69) is 18.6 Å². The SMILES string of the molecule is CC(C)C1CCC(O)(c2ccccc2OC(F)(F)F)CC1. The third-order valence-corrected chi connectivity index (χ3v) is 4.41. The Morgan fingerprint density at radius 3 is 2.29 bits per heavy atom. The van der Waals surface area contributed by atoms with Gasteiger partial charge in [-0.2, -0.15) is 0 Å². The lowest BCUT2D eigenvalue weighted by Crippen LogP contribution is -2.34. The summed E-state index contributed by atoms with van der Waals surface area (Å²) in [6, 6.07) is 5.89. The van der Waals surface area contributed by atoms with Gasteiger partial charge in [0.05, 0.1) is 5.60 Å². The van der Waals surface area contributed by atoms with E-state index in [-0.39, 0.29) is 11.3 Å². The number of benzene rings is 1. The van der Waals surface area contributed by atoms with Crippen molar-refractivity contribution >= 4 is 0 Å². The van der Waals surface area contributed by atoms with Gasteiger partial charge < -0.3 is 9.84 Å². The summed E-state index contributed by atoms with van der Waals surface area (Å²) in [6.45, 7) is 4.27. The third-order valence-electron chi connectivity index (χ3n) is 4.41. The maximum Gasteiger partial charge on any atom is 0.573 e. The van der Waals surface area contributed by atoms with Crippen LogP contribution in [-0.4, -0.2) is 11.5 Å². The van der Waals surface area contributed by atoms with E-state index >= 15 is 0 Å². The van der Waals surface area contributed by atoms with Crippen LogP contribution in [0.5, 0.6) is 5.75 Å². The minimum absolute atomic E-state index is 0.240. The smallest absolute Gasteiger partial charge is 0.405 e. The molecule has 21 heavy (non-hydrogen) atoms. The highest BCUT2D eigenvalue weighted by molar-refractivity contribution is 5.38. The van der Waals surface area contributed by atoms with Crippen molar-refractivity contribution < 1.29 is 23.0 Å². The highest BCUT2D eigenvalue weighted by Gasteiger charge is 2.40. The molecule has 2 nitrogen and oxygen atoms in total. The predicted octanol–water partition coefficient (Wildman–Crippen LogP) is 4.62. The Balaban J connectivity index is 2.22. The molecule has 1 aromatic rings. The van der Waals surface area contributed by atoms with Gasteiger partial charge in [-0.25, -0.2) is 0 Å². The van der Waals surface area contributed by atoms with Crippen molar-refractivity contribution in [3.05, 3.63) is 29.8 Å². The van der Waals surface area contributed by atoms with E-state index in [4.69, 9.17) is 0 Å². The van der Waals surface area contributed by atoms with Gasteiger partial charge in [0.15, 0.2) is 0 Å². The normalized spacial score (nSPS) is 26.9. The quantitative estimate of drug-likeness (QED) is 0.883. The molecular weight excluding hydrogens is 281 g/mol. The van der Waals surface area contributed by atoms with Crippen LogP contribution in [0.4, 0.5) is 13.2 Å². The standard InChI is InChI=1S/C16H21F3O2/c1-11(2)12-7-9-15(20,10-8-12)13-5-3-4-6-14(13)21-16(17,18)19/h3-6,11-12,20H,7-10H2,1-2H3. The molecule has 0 radical (unpaired) electrons. The molecule has 0 saturated heterocycles. The molecule has 0 heterocycles. The van der Waals surface area contributed by atoms with Gasteiger partial charge in [0.2, 0.25) is 0 Å². The second kappa shape index (κ2) is 5.87. The highest BCUT2D eigenvalue weighted by Crippen LogP contribution is 2.45. The zero-order chi connectivity index (χ0) is 15.7. The Labute approximate surface area is 122 Å². The summed E-state index contributed by atoms with van der Waals surface area (Å²) in [5.41, 5.74) is -0.989. The summed E-state index contributed by atoms with van der Waals surface area (Å²) >= 11 is 0. The molecule has 1 aliphatic carbocycles. The fourth-order valence-electron chi connectivity index (χ4n) is 3.12. The second-order valence-electron chi connectivity index (χ2n) is 6.16. The lowest BCUT2D eigenvalue weighted by Gasteiger charge is -2.38. The molecule has 1 aromatic carbocycles. The first-order valence-corrected chi connectivity index (χ1v) is 7.29. The maximum atomic E-state index is 12.5. The lowest BCUT2D eigenvalue weighted by molar-refractivity contribution is -0.275. The molecule has 1 N–H and O–H groups in total. The first kappa shape index (κ1) is 16.1. The minimum atomic E-state index is -4.75. The van der Waals surface area contributed by atoms with Crippen LogP contribution in [0, 0.1) is 11.8 Å². The molecule has 0 bridgehead atoms. The van der Waals surface area contributed by atoms with Crippen molar-refractivity contribution in [3.8, 4) is 5.75 Å². The fraction of sp³-hybridized carbons (Fsp3) is 0.625. The zero-order valence-corrected chi connectivity index (χ0v) is 12.3. The Morgan fingerprint density at radius 1 is 1.19 bits per heavy atom. The topological polar surface area (TPSA) is 29.5 Å². The van der Waals surface area contributed by atoms with Crippen molar-refractivity contribution in [2.24, 2.45) is 11.8 Å². The van der Waals surface area contributed by atoms with E-state index in [0.29, 0.717) is 24.7 Å². The Morgan fingerprint density at radius 2 is 1.76 bits per heavy atom. The van der Waals surface area contributed by atoms with E-state index in [1.165, 1.54) is 18.2 Å². The van der Waals surface area contributed by atoms with Gasteiger partial charge in [0.1, 0.15) is 5.75 Å². The van der Waals surface area contributed by atoms with Crippen molar-refractivity contribution in [1.82, 2.24) is 0 Å². The first-order chi connectivity index (χ1) is 9.71. The number of para-hydroxylation sites is 1. The molecule has 1 fully saturated rings. The van der Waals surface area contributed by atoms with Crippen LogP contribution in [0.3, 0.4) is 0 Å². The number of rotatable bonds is 3. The van der Waals surface area contributed by atoms with Gasteiger partial charge in [0.25, 0.3) is 0 Å². The summed E-state index contributed by atoms with van der Waals surface area (Å²) < 4.78 is 41.5. The Kier molecular flexibility index (Phi) is 4.51. The monoisotopic (exact) mass is 302 g/mol. The number of ether oxygens (including phenoxy) is 1. The van der Waals surface area contributed by atoms with Gasteiger partial charge >= 0.3 is 6.36 Å². The van der Waals surface area contributed by atoms with Crippen LogP contribution in [-0.2, 0) is 5.60 Å². The van der Waals surface area contributed by atoms with Crippen LogP contribution in [0.1, 0.15) is 45.1 Å². The Bertz CT molecular complexity index is 475. The number of alkyl halides is 3. The van der Waals surface area contributed by atoms with Crippen LogP contribution in [0.2, 0.25) is 0 Å². The summed E-state index contributed by atoms with van der Waals surface area (Å²) in [4.78, 5) is 0. The van der Waals surface area contributed by atoms with Crippen LogP contribution >= 0.6 is 0 Å². The molecule has 118 valence electrons. The zero-order valence-electron chi connectivity index (χ0n) is 12.3. The van der Waals surface area contributed by atoms with Gasteiger partial charge in [-0.1, -0.05) is 32.0 Å². The molecule has 0 spiro atoms. The minimum Gasteiger partial charge on any atom is -0.405 e. The molecule has 2 rings (SSSR count). The van der Waals surface area contributed by atoms with Gasteiger partial charge in [-0.15, -0.1) is 13.2 Å². The average Bonchev–Trinajstić information content (AvgIpc) is 2.37. The summed E-state index contributed by atoms with van der Waals surface area (Å²) in [7, 11) is 0. The van der Waals surface area contributed by atoms with E-state index < -0.39 is 12.0 Å². The number of hydrogen-bond acceptors (Lipinski definition) is 2. The molecule has 0 amide bonds. The van der Waals surface area contributed by atoms with Gasteiger partial charge in [0, 0.05) is 5.56 Å². The molecule has 5 heteroatoms. The van der Waals surface area contributed by atoms with Crippen molar-refractivity contribution in [2.45, 2.75) is 51.5 Å². The largest absolute Gasteiger partial charge is 0.573 e.